The summed E-state index contributed by atoms with van der Waals surface area (Å²) in [5, 5.41) is 8.69. The van der Waals surface area contributed by atoms with E-state index < -0.39 is 5.97 Å². The third-order valence-electron chi connectivity index (χ3n) is 2.20. The van der Waals surface area contributed by atoms with Gasteiger partial charge in [0.05, 0.1) is 5.69 Å². The Hall–Kier alpha value is -1.68. The molecule has 0 bridgehead atoms. The van der Waals surface area contributed by atoms with Gasteiger partial charge in [0.25, 0.3) is 0 Å². The Morgan fingerprint density at radius 1 is 1.56 bits per heavy atom. The molecule has 0 aliphatic carbocycles. The fourth-order valence-electron chi connectivity index (χ4n) is 1.21. The summed E-state index contributed by atoms with van der Waals surface area (Å²) in [6.45, 7) is 2.91. The van der Waals surface area contributed by atoms with Gasteiger partial charge < -0.3 is 5.11 Å². The molecule has 4 heteroatoms. The van der Waals surface area contributed by atoms with E-state index >= 15 is 0 Å². The molecule has 1 rings (SSSR count). The van der Waals surface area contributed by atoms with Crippen LogP contribution in [0.25, 0.3) is 0 Å². The molecule has 1 N–H and O–H groups in total. The van der Waals surface area contributed by atoms with Crippen molar-refractivity contribution in [3.05, 3.63) is 41.7 Å². The van der Waals surface area contributed by atoms with Gasteiger partial charge in [-0.15, -0.1) is 0 Å². The summed E-state index contributed by atoms with van der Waals surface area (Å²) in [5.41, 5.74) is 1.35. The van der Waals surface area contributed by atoms with Crippen molar-refractivity contribution in [1.29, 1.82) is 0 Å². The van der Waals surface area contributed by atoms with Crippen molar-refractivity contribution in [1.82, 2.24) is 9.88 Å². The molecule has 1 heterocycles. The second-order valence-corrected chi connectivity index (χ2v) is 3.71. The van der Waals surface area contributed by atoms with E-state index in [1.807, 2.05) is 30.1 Å². The van der Waals surface area contributed by atoms with Gasteiger partial charge in [0, 0.05) is 24.9 Å². The lowest BCUT2D eigenvalue weighted by atomic mass is 10.2. The van der Waals surface area contributed by atoms with E-state index in [2.05, 4.69) is 4.98 Å². The lowest BCUT2D eigenvalue weighted by Gasteiger charge is -2.13. The molecular formula is C12H16N2O2. The molecule has 0 amide bonds. The van der Waals surface area contributed by atoms with Gasteiger partial charge in [0.2, 0.25) is 0 Å². The van der Waals surface area contributed by atoms with E-state index in [0.717, 1.165) is 5.69 Å². The zero-order valence-corrected chi connectivity index (χ0v) is 9.55. The van der Waals surface area contributed by atoms with Gasteiger partial charge in [-0.25, -0.2) is 4.79 Å². The number of hydrogen-bond acceptors (Lipinski definition) is 3. The van der Waals surface area contributed by atoms with Gasteiger partial charge in [-0.1, -0.05) is 12.1 Å². The SMILES string of the molecule is CC(=CCN(C)Cc1ccccn1)C(=O)O. The fraction of sp³-hybridized carbons (Fsp3) is 0.333. The predicted molar refractivity (Wildman–Crippen MR) is 62.0 cm³/mol. The Bertz CT molecular complexity index is 374. The molecule has 4 nitrogen and oxygen atoms in total. The Morgan fingerprint density at radius 3 is 2.88 bits per heavy atom. The highest BCUT2D eigenvalue weighted by Crippen LogP contribution is 2.00. The molecule has 0 aliphatic rings. The summed E-state index contributed by atoms with van der Waals surface area (Å²) in [6, 6.07) is 5.76. The molecule has 0 unspecified atom stereocenters. The molecule has 0 aliphatic heterocycles. The van der Waals surface area contributed by atoms with E-state index in [1.54, 1.807) is 19.2 Å². The molecule has 1 aromatic rings. The molecule has 0 saturated carbocycles. The minimum Gasteiger partial charge on any atom is -0.478 e. The average molecular weight is 220 g/mol. The molecule has 86 valence electrons. The summed E-state index contributed by atoms with van der Waals surface area (Å²) >= 11 is 0. The molecule has 0 atom stereocenters. The van der Waals surface area contributed by atoms with Crippen LogP contribution in [-0.4, -0.2) is 34.6 Å². The van der Waals surface area contributed by atoms with Gasteiger partial charge in [0.1, 0.15) is 0 Å². The van der Waals surface area contributed by atoms with Crippen molar-refractivity contribution in [2.24, 2.45) is 0 Å². The number of aromatic nitrogens is 1. The van der Waals surface area contributed by atoms with Gasteiger partial charge in [-0.2, -0.15) is 0 Å². The maximum absolute atomic E-state index is 10.6. The highest BCUT2D eigenvalue weighted by molar-refractivity contribution is 5.85. The zero-order valence-electron chi connectivity index (χ0n) is 9.55. The predicted octanol–water partition coefficient (Wildman–Crippen LogP) is 1.54. The van der Waals surface area contributed by atoms with E-state index in [-0.39, 0.29) is 0 Å². The van der Waals surface area contributed by atoms with Crippen LogP contribution in [0.5, 0.6) is 0 Å². The molecule has 0 aromatic carbocycles. The number of carboxylic acids is 1. The Morgan fingerprint density at radius 2 is 2.31 bits per heavy atom. The van der Waals surface area contributed by atoms with Crippen LogP contribution in [0.4, 0.5) is 0 Å². The van der Waals surface area contributed by atoms with Crippen molar-refractivity contribution >= 4 is 5.97 Å². The standard InChI is InChI=1S/C12H16N2O2/c1-10(12(15)16)6-8-14(2)9-11-5-3-4-7-13-11/h3-7H,8-9H2,1-2H3,(H,15,16). The first kappa shape index (κ1) is 12.4. The number of nitrogens with zero attached hydrogens (tertiary/aromatic N) is 2. The topological polar surface area (TPSA) is 53.4 Å². The minimum atomic E-state index is -0.869. The number of carboxylic acid groups (broad SMARTS) is 1. The number of carbonyl (C=O) groups is 1. The first-order valence-electron chi connectivity index (χ1n) is 5.08. The quantitative estimate of drug-likeness (QED) is 0.765. The summed E-state index contributed by atoms with van der Waals surface area (Å²) in [6.07, 6.45) is 3.45. The summed E-state index contributed by atoms with van der Waals surface area (Å²) in [4.78, 5) is 16.8. The first-order chi connectivity index (χ1) is 7.59. The maximum atomic E-state index is 10.6. The Labute approximate surface area is 95.2 Å². The number of aliphatic carboxylic acids is 1. The van der Waals surface area contributed by atoms with Gasteiger partial charge in [0.15, 0.2) is 0 Å². The molecule has 16 heavy (non-hydrogen) atoms. The van der Waals surface area contributed by atoms with Gasteiger partial charge in [-0.3, -0.25) is 9.88 Å². The normalized spacial score (nSPS) is 11.8. The summed E-state index contributed by atoms with van der Waals surface area (Å²) in [5.74, 6) is -0.869. The van der Waals surface area contributed by atoms with E-state index in [0.29, 0.717) is 18.7 Å². The van der Waals surface area contributed by atoms with Crippen LogP contribution >= 0.6 is 0 Å². The third-order valence-corrected chi connectivity index (χ3v) is 2.20. The van der Waals surface area contributed by atoms with Crippen LogP contribution in [-0.2, 0) is 11.3 Å². The van der Waals surface area contributed by atoms with E-state index in [4.69, 9.17) is 5.11 Å². The van der Waals surface area contributed by atoms with Crippen molar-refractivity contribution in [2.75, 3.05) is 13.6 Å². The van der Waals surface area contributed by atoms with Crippen LogP contribution in [0.3, 0.4) is 0 Å². The number of likely N-dealkylation sites (N-methyl/N-ethyl adjacent to an activating group) is 1. The monoisotopic (exact) mass is 220 g/mol. The van der Waals surface area contributed by atoms with Gasteiger partial charge in [-0.05, 0) is 26.1 Å². The van der Waals surface area contributed by atoms with Crippen LogP contribution in [0.1, 0.15) is 12.6 Å². The fourth-order valence-corrected chi connectivity index (χ4v) is 1.21. The van der Waals surface area contributed by atoms with Crippen molar-refractivity contribution in [3.63, 3.8) is 0 Å². The third kappa shape index (κ3) is 4.23. The molecule has 1 aromatic heterocycles. The minimum absolute atomic E-state index is 0.368. The maximum Gasteiger partial charge on any atom is 0.330 e. The van der Waals surface area contributed by atoms with E-state index in [9.17, 15) is 4.79 Å². The van der Waals surface area contributed by atoms with Crippen LogP contribution in [0.2, 0.25) is 0 Å². The second-order valence-electron chi connectivity index (χ2n) is 3.71. The molecular weight excluding hydrogens is 204 g/mol. The smallest absolute Gasteiger partial charge is 0.330 e. The Kier molecular flexibility index (Phi) is 4.66. The largest absolute Gasteiger partial charge is 0.478 e. The summed E-state index contributed by atoms with van der Waals surface area (Å²) < 4.78 is 0. The Balaban J connectivity index is 2.46. The average Bonchev–Trinajstić information content (AvgIpc) is 2.27. The van der Waals surface area contributed by atoms with Crippen LogP contribution < -0.4 is 0 Å². The van der Waals surface area contributed by atoms with Gasteiger partial charge >= 0.3 is 5.97 Å². The van der Waals surface area contributed by atoms with Crippen LogP contribution in [0.15, 0.2) is 36.0 Å². The van der Waals surface area contributed by atoms with Crippen molar-refractivity contribution in [2.45, 2.75) is 13.5 Å². The molecule has 0 saturated heterocycles. The summed E-state index contributed by atoms with van der Waals surface area (Å²) in [7, 11) is 1.93. The lowest BCUT2D eigenvalue weighted by Crippen LogP contribution is -2.19. The molecule has 0 fully saturated rings. The number of pyridine rings is 1. The van der Waals surface area contributed by atoms with Crippen molar-refractivity contribution < 1.29 is 9.90 Å². The number of hydrogen-bond donors (Lipinski definition) is 1. The number of rotatable bonds is 5. The van der Waals surface area contributed by atoms with Crippen molar-refractivity contribution in [3.8, 4) is 0 Å². The van der Waals surface area contributed by atoms with E-state index in [1.165, 1.54) is 0 Å². The van der Waals surface area contributed by atoms with Crippen LogP contribution in [0, 0.1) is 0 Å². The molecule has 0 radical (unpaired) electrons. The zero-order chi connectivity index (χ0) is 12.0. The lowest BCUT2D eigenvalue weighted by molar-refractivity contribution is -0.132. The highest BCUT2D eigenvalue weighted by Gasteiger charge is 2.02. The second kappa shape index (κ2) is 6.02. The molecule has 0 spiro atoms. The first-order valence-corrected chi connectivity index (χ1v) is 5.08. The highest BCUT2D eigenvalue weighted by atomic mass is 16.4.